The van der Waals surface area contributed by atoms with Gasteiger partial charge in [0, 0.05) is 12.6 Å². The van der Waals surface area contributed by atoms with Gasteiger partial charge in [0.25, 0.3) is 0 Å². The molecule has 1 aliphatic heterocycles. The molecule has 1 aromatic rings. The summed E-state index contributed by atoms with van der Waals surface area (Å²) in [5.41, 5.74) is 0. The molecular weight excluding hydrogens is 214 g/mol. The molecule has 0 bridgehead atoms. The van der Waals surface area contributed by atoms with Gasteiger partial charge in [-0.25, -0.2) is 0 Å². The lowest BCUT2D eigenvalue weighted by molar-refractivity contribution is 0.0822. The topological polar surface area (TPSA) is 30.5 Å². The summed E-state index contributed by atoms with van der Waals surface area (Å²) in [5, 5.41) is 3.55. The van der Waals surface area contributed by atoms with Crippen molar-refractivity contribution in [1.29, 1.82) is 0 Å². The Hall–Kier alpha value is -1.22. The van der Waals surface area contributed by atoms with Crippen LogP contribution < -0.4 is 14.8 Å². The van der Waals surface area contributed by atoms with Gasteiger partial charge in [-0.3, -0.25) is 0 Å². The van der Waals surface area contributed by atoms with Crippen LogP contribution in [0.1, 0.15) is 19.8 Å². The summed E-state index contributed by atoms with van der Waals surface area (Å²) in [7, 11) is 0. The molecule has 3 heteroatoms. The van der Waals surface area contributed by atoms with E-state index in [1.165, 1.54) is 12.8 Å². The zero-order chi connectivity index (χ0) is 11.7. The fraction of sp³-hybridized carbons (Fsp3) is 0.571. The Kier molecular flexibility index (Phi) is 2.93. The fourth-order valence-electron chi connectivity index (χ4n) is 2.53. The number of ether oxygens (including phenoxy) is 2. The molecule has 0 saturated heterocycles. The molecule has 1 fully saturated rings. The third kappa shape index (κ3) is 2.39. The fourth-order valence-corrected chi connectivity index (χ4v) is 2.53. The highest BCUT2D eigenvalue weighted by molar-refractivity contribution is 5.40. The zero-order valence-electron chi connectivity index (χ0n) is 10.2. The van der Waals surface area contributed by atoms with Crippen LogP contribution in [-0.4, -0.2) is 25.3 Å². The van der Waals surface area contributed by atoms with Crippen LogP contribution in [0.5, 0.6) is 11.5 Å². The van der Waals surface area contributed by atoms with E-state index in [0.29, 0.717) is 12.6 Å². The first-order valence-corrected chi connectivity index (χ1v) is 6.43. The third-order valence-electron chi connectivity index (χ3n) is 3.58. The molecule has 0 aromatic heterocycles. The quantitative estimate of drug-likeness (QED) is 0.868. The van der Waals surface area contributed by atoms with Crippen molar-refractivity contribution in [3.05, 3.63) is 24.3 Å². The van der Waals surface area contributed by atoms with E-state index in [-0.39, 0.29) is 6.10 Å². The van der Waals surface area contributed by atoms with Gasteiger partial charge in [-0.1, -0.05) is 19.1 Å². The minimum atomic E-state index is 0.140. The van der Waals surface area contributed by atoms with Crippen LogP contribution in [0, 0.1) is 5.92 Å². The van der Waals surface area contributed by atoms with Crippen molar-refractivity contribution in [2.24, 2.45) is 5.92 Å². The van der Waals surface area contributed by atoms with Crippen LogP contribution in [0.3, 0.4) is 0 Å². The maximum Gasteiger partial charge on any atom is 0.161 e. The van der Waals surface area contributed by atoms with Crippen LogP contribution in [0.15, 0.2) is 24.3 Å². The molecule has 0 spiro atoms. The highest BCUT2D eigenvalue weighted by Crippen LogP contribution is 2.31. The van der Waals surface area contributed by atoms with E-state index in [4.69, 9.17) is 9.47 Å². The molecule has 1 unspecified atom stereocenters. The van der Waals surface area contributed by atoms with Gasteiger partial charge >= 0.3 is 0 Å². The van der Waals surface area contributed by atoms with Crippen molar-refractivity contribution in [1.82, 2.24) is 5.32 Å². The van der Waals surface area contributed by atoms with Gasteiger partial charge in [0.2, 0.25) is 0 Å². The Morgan fingerprint density at radius 1 is 1.24 bits per heavy atom. The summed E-state index contributed by atoms with van der Waals surface area (Å²) in [6, 6.07) is 8.55. The molecule has 3 rings (SSSR count). The van der Waals surface area contributed by atoms with Gasteiger partial charge in [0.1, 0.15) is 12.7 Å². The van der Waals surface area contributed by atoms with Gasteiger partial charge in [-0.2, -0.15) is 0 Å². The van der Waals surface area contributed by atoms with Crippen LogP contribution in [0.2, 0.25) is 0 Å². The molecule has 1 heterocycles. The normalized spacial score (nSPS) is 30.8. The second-order valence-corrected chi connectivity index (χ2v) is 5.18. The Labute approximate surface area is 102 Å². The van der Waals surface area contributed by atoms with Crippen molar-refractivity contribution < 1.29 is 9.47 Å². The van der Waals surface area contributed by atoms with Crippen LogP contribution in [0.4, 0.5) is 0 Å². The highest BCUT2D eigenvalue weighted by Gasteiger charge is 2.27. The smallest absolute Gasteiger partial charge is 0.161 e. The zero-order valence-corrected chi connectivity index (χ0v) is 10.2. The van der Waals surface area contributed by atoms with Gasteiger partial charge in [0.05, 0.1) is 0 Å². The van der Waals surface area contributed by atoms with Gasteiger partial charge in [-0.05, 0) is 30.9 Å². The average Bonchev–Trinajstić information content (AvgIpc) is 2.33. The Bertz CT molecular complexity index is 388. The van der Waals surface area contributed by atoms with E-state index in [1.807, 2.05) is 24.3 Å². The maximum absolute atomic E-state index is 5.89. The first-order valence-electron chi connectivity index (χ1n) is 6.43. The Morgan fingerprint density at radius 3 is 2.76 bits per heavy atom. The Morgan fingerprint density at radius 2 is 2.00 bits per heavy atom. The molecule has 1 saturated carbocycles. The molecule has 1 aliphatic carbocycles. The standard InChI is InChI=1S/C14H19NO2/c1-10-6-11(7-10)15-8-12-9-16-13-4-2-3-5-14(13)17-12/h2-5,10-12,15H,6-9H2,1H3. The van der Waals surface area contributed by atoms with Crippen molar-refractivity contribution >= 4 is 0 Å². The number of benzene rings is 1. The van der Waals surface area contributed by atoms with Gasteiger partial charge in [0.15, 0.2) is 11.5 Å². The number of fused-ring (bicyclic) bond motifs is 1. The summed E-state index contributed by atoms with van der Waals surface area (Å²) in [5.74, 6) is 2.62. The van der Waals surface area contributed by atoms with E-state index in [2.05, 4.69) is 12.2 Å². The van der Waals surface area contributed by atoms with Crippen LogP contribution >= 0.6 is 0 Å². The monoisotopic (exact) mass is 233 g/mol. The van der Waals surface area contributed by atoms with E-state index in [1.54, 1.807) is 0 Å². The molecular formula is C14H19NO2. The summed E-state index contributed by atoms with van der Waals surface area (Å²) in [6.07, 6.45) is 2.73. The first kappa shape index (κ1) is 10.9. The van der Waals surface area contributed by atoms with E-state index in [9.17, 15) is 0 Å². The van der Waals surface area contributed by atoms with Gasteiger partial charge < -0.3 is 14.8 Å². The lowest BCUT2D eigenvalue weighted by Crippen LogP contribution is -2.46. The molecule has 3 nitrogen and oxygen atoms in total. The number of rotatable bonds is 3. The summed E-state index contributed by atoms with van der Waals surface area (Å²) >= 11 is 0. The SMILES string of the molecule is CC1CC(NCC2COc3ccccc3O2)C1. The van der Waals surface area contributed by atoms with Crippen LogP contribution in [-0.2, 0) is 0 Å². The molecule has 92 valence electrons. The largest absolute Gasteiger partial charge is 0.486 e. The van der Waals surface area contributed by atoms with Crippen molar-refractivity contribution in [3.8, 4) is 11.5 Å². The average molecular weight is 233 g/mol. The Balaban J connectivity index is 1.50. The third-order valence-corrected chi connectivity index (χ3v) is 3.58. The summed E-state index contributed by atoms with van der Waals surface area (Å²) in [4.78, 5) is 0. The number of hydrogen-bond donors (Lipinski definition) is 1. The lowest BCUT2D eigenvalue weighted by atomic mass is 9.82. The summed E-state index contributed by atoms with van der Waals surface area (Å²) in [6.45, 7) is 3.83. The van der Waals surface area contributed by atoms with Crippen molar-refractivity contribution in [2.75, 3.05) is 13.2 Å². The predicted molar refractivity (Wildman–Crippen MR) is 66.5 cm³/mol. The molecule has 1 aromatic carbocycles. The number of nitrogens with one attached hydrogen (secondary N) is 1. The summed E-state index contributed by atoms with van der Waals surface area (Å²) < 4.78 is 11.6. The van der Waals surface area contributed by atoms with E-state index < -0.39 is 0 Å². The first-order chi connectivity index (χ1) is 8.31. The molecule has 17 heavy (non-hydrogen) atoms. The van der Waals surface area contributed by atoms with Crippen molar-refractivity contribution in [2.45, 2.75) is 31.9 Å². The van der Waals surface area contributed by atoms with Gasteiger partial charge in [-0.15, -0.1) is 0 Å². The van der Waals surface area contributed by atoms with E-state index >= 15 is 0 Å². The van der Waals surface area contributed by atoms with Crippen LogP contribution in [0.25, 0.3) is 0 Å². The molecule has 0 amide bonds. The van der Waals surface area contributed by atoms with Crippen molar-refractivity contribution in [3.63, 3.8) is 0 Å². The minimum absolute atomic E-state index is 0.140. The lowest BCUT2D eigenvalue weighted by Gasteiger charge is -2.35. The number of para-hydroxylation sites is 2. The molecule has 0 radical (unpaired) electrons. The maximum atomic E-state index is 5.89. The molecule has 1 atom stereocenters. The molecule has 2 aliphatic rings. The second kappa shape index (κ2) is 4.57. The molecule has 1 N–H and O–H groups in total. The highest BCUT2D eigenvalue weighted by atomic mass is 16.6. The second-order valence-electron chi connectivity index (χ2n) is 5.18. The number of hydrogen-bond acceptors (Lipinski definition) is 3. The van der Waals surface area contributed by atoms with E-state index in [0.717, 1.165) is 24.0 Å². The predicted octanol–water partition coefficient (Wildman–Crippen LogP) is 2.21. The minimum Gasteiger partial charge on any atom is -0.486 e.